The second-order valence-corrected chi connectivity index (χ2v) is 17.2. The number of hydrogen-bond donors (Lipinski definition) is 2. The van der Waals surface area contributed by atoms with Crippen molar-refractivity contribution >= 4 is 23.5 Å². The predicted octanol–water partition coefficient (Wildman–Crippen LogP) is 12.4. The zero-order valence-electron chi connectivity index (χ0n) is 34.7. The van der Waals surface area contributed by atoms with Crippen LogP contribution in [0.2, 0.25) is 0 Å². The van der Waals surface area contributed by atoms with Gasteiger partial charge in [0.05, 0.1) is 31.0 Å². The Morgan fingerprint density at radius 2 is 1.51 bits per heavy atom. The van der Waals surface area contributed by atoms with E-state index < -0.39 is 6.10 Å². The maximum absolute atomic E-state index is 12.6. The van der Waals surface area contributed by atoms with Crippen molar-refractivity contribution in [3.63, 3.8) is 0 Å². The Balaban J connectivity index is 1.18. The summed E-state index contributed by atoms with van der Waals surface area (Å²) in [7, 11) is 0. The number of aliphatic hydroxyl groups excluding tert-OH is 2. The van der Waals surface area contributed by atoms with Crippen LogP contribution in [0, 0.1) is 17.3 Å². The van der Waals surface area contributed by atoms with Crippen molar-refractivity contribution < 1.29 is 29.3 Å². The number of carbonyl (C=O) groups excluding carboxylic acids is 2. The molecule has 3 rings (SSSR count). The van der Waals surface area contributed by atoms with Crippen LogP contribution in [-0.2, 0) is 20.7 Å². The predicted molar refractivity (Wildman–Crippen MR) is 228 cm³/mol. The van der Waals surface area contributed by atoms with Crippen LogP contribution in [0.25, 0.3) is 0 Å². The number of hydrogen-bond acceptors (Lipinski definition) is 6. The van der Waals surface area contributed by atoms with E-state index in [-0.39, 0.29) is 53.9 Å². The highest BCUT2D eigenvalue weighted by molar-refractivity contribution is 6.21. The highest BCUT2D eigenvalue weighted by atomic mass is 35.5. The largest absolute Gasteiger partial charge is 0.466 e. The van der Waals surface area contributed by atoms with Crippen LogP contribution in [0.4, 0.5) is 0 Å². The number of benzene rings is 1. The summed E-state index contributed by atoms with van der Waals surface area (Å²) in [5.41, 5.74) is 1.83. The molecule has 2 N–H and O–H groups in total. The highest BCUT2D eigenvalue weighted by Gasteiger charge is 2.42. The van der Waals surface area contributed by atoms with Crippen LogP contribution in [0.15, 0.2) is 48.6 Å². The quantitative estimate of drug-likeness (QED) is 0.0337. The molecule has 55 heavy (non-hydrogen) atoms. The molecular weight excluding hydrogens is 708 g/mol. The number of unbranched alkanes of at least 4 members (excludes halogenated alkanes) is 14. The van der Waals surface area contributed by atoms with Crippen LogP contribution in [0.3, 0.4) is 0 Å². The summed E-state index contributed by atoms with van der Waals surface area (Å²) in [5.74, 6) is -0.438. The molecule has 2 aliphatic rings. The van der Waals surface area contributed by atoms with Gasteiger partial charge >= 0.3 is 11.9 Å². The second-order valence-electron chi connectivity index (χ2n) is 16.7. The first-order chi connectivity index (χ1) is 26.8. The molecule has 7 heteroatoms. The zero-order chi connectivity index (χ0) is 39.6. The molecule has 5 atom stereocenters. The maximum Gasteiger partial charge on any atom is 0.338 e. The van der Waals surface area contributed by atoms with Gasteiger partial charge in [-0.3, -0.25) is 4.79 Å². The molecule has 0 aromatic heterocycles. The van der Waals surface area contributed by atoms with Gasteiger partial charge in [0.2, 0.25) is 0 Å². The number of carbonyl (C=O) groups is 2. The minimum absolute atomic E-state index is 0.0126. The summed E-state index contributed by atoms with van der Waals surface area (Å²) in [6.07, 6.45) is 36.0. The van der Waals surface area contributed by atoms with Gasteiger partial charge in [0.15, 0.2) is 0 Å². The third kappa shape index (κ3) is 18.3. The fraction of sp³-hybridized carbons (Fsp3) is 0.750. The molecule has 312 valence electrons. The van der Waals surface area contributed by atoms with Crippen molar-refractivity contribution in [1.29, 1.82) is 0 Å². The van der Waals surface area contributed by atoms with Crippen molar-refractivity contribution in [2.45, 2.75) is 198 Å². The summed E-state index contributed by atoms with van der Waals surface area (Å²) in [6.45, 7) is 4.88. The van der Waals surface area contributed by atoms with Crippen molar-refractivity contribution in [2.24, 2.45) is 17.3 Å². The van der Waals surface area contributed by atoms with Gasteiger partial charge in [-0.05, 0) is 93.2 Å². The van der Waals surface area contributed by atoms with Crippen molar-refractivity contribution in [3.8, 4) is 0 Å². The van der Waals surface area contributed by atoms with E-state index in [0.717, 1.165) is 44.9 Å². The van der Waals surface area contributed by atoms with E-state index in [1.807, 2.05) is 12.1 Å². The van der Waals surface area contributed by atoms with Crippen LogP contribution in [0.1, 0.15) is 190 Å². The van der Waals surface area contributed by atoms with E-state index in [9.17, 15) is 19.8 Å². The summed E-state index contributed by atoms with van der Waals surface area (Å²) >= 11 is 6.63. The lowest BCUT2D eigenvalue weighted by Crippen LogP contribution is -2.40. The van der Waals surface area contributed by atoms with Crippen LogP contribution >= 0.6 is 11.6 Å². The molecule has 2 fully saturated rings. The standard InChI is InChI=1S/C48H77ClO6/c1-3-5-6-7-8-9-10-11-12-13-14-15-16-19-26-39-27-22-28-40(37-39)47(53)55-36-25-35-54-46(52)32-21-18-17-20-29-41-42(44(50)38-43(41)49)30-23-31-45(51)48(4-2)33-24-34-48/h17,20,22-23,27-28,30,37,41-45,50-51H,3-16,18-19,21,24-26,29,31-36,38H2,1-2H3/t41-,42-,43-,44-,45+/m1/s1. The Morgan fingerprint density at radius 1 is 0.855 bits per heavy atom. The molecule has 0 aliphatic heterocycles. The number of rotatable bonds is 31. The Labute approximate surface area is 340 Å². The third-order valence-electron chi connectivity index (χ3n) is 12.4. The van der Waals surface area contributed by atoms with Gasteiger partial charge in [-0.2, -0.15) is 0 Å². The topological polar surface area (TPSA) is 93.1 Å². The lowest BCUT2D eigenvalue weighted by atomic mass is 9.63. The van der Waals surface area contributed by atoms with Gasteiger partial charge in [0, 0.05) is 24.1 Å². The van der Waals surface area contributed by atoms with E-state index >= 15 is 0 Å². The van der Waals surface area contributed by atoms with E-state index in [4.69, 9.17) is 21.1 Å². The third-order valence-corrected chi connectivity index (χ3v) is 12.9. The molecule has 1 aromatic rings. The van der Waals surface area contributed by atoms with Crippen LogP contribution < -0.4 is 0 Å². The molecule has 6 nitrogen and oxygen atoms in total. The summed E-state index contributed by atoms with van der Waals surface area (Å²) in [5, 5.41) is 21.3. The fourth-order valence-corrected chi connectivity index (χ4v) is 8.96. The first-order valence-electron chi connectivity index (χ1n) is 22.5. The van der Waals surface area contributed by atoms with E-state index in [1.54, 1.807) is 6.07 Å². The van der Waals surface area contributed by atoms with Gasteiger partial charge in [-0.15, -0.1) is 11.6 Å². The fourth-order valence-electron chi connectivity index (χ4n) is 8.51. The highest BCUT2D eigenvalue weighted by Crippen LogP contribution is 2.48. The van der Waals surface area contributed by atoms with E-state index in [0.29, 0.717) is 37.7 Å². The molecule has 0 radical (unpaired) electrons. The van der Waals surface area contributed by atoms with Gasteiger partial charge in [0.25, 0.3) is 0 Å². The number of esters is 2. The van der Waals surface area contributed by atoms with E-state index in [2.05, 4.69) is 44.2 Å². The Kier molecular flexibility index (Phi) is 24.3. The number of ether oxygens (including phenoxy) is 2. The second kappa shape index (κ2) is 28.3. The molecule has 0 bridgehead atoms. The van der Waals surface area contributed by atoms with Crippen molar-refractivity contribution in [2.75, 3.05) is 13.2 Å². The summed E-state index contributed by atoms with van der Waals surface area (Å²) in [4.78, 5) is 24.9. The van der Waals surface area contributed by atoms with Crippen LogP contribution in [-0.4, -0.2) is 53.0 Å². The number of aryl methyl sites for hydroxylation is 1. The molecular formula is C48H77ClO6. The average Bonchev–Trinajstić information content (AvgIpc) is 3.43. The Bertz CT molecular complexity index is 1240. The molecule has 2 aliphatic carbocycles. The number of allylic oxidation sites excluding steroid dienone is 2. The Morgan fingerprint density at radius 3 is 2.15 bits per heavy atom. The van der Waals surface area contributed by atoms with Gasteiger partial charge in [-0.1, -0.05) is 140 Å². The average molecular weight is 786 g/mol. The van der Waals surface area contributed by atoms with Gasteiger partial charge in [0.1, 0.15) is 0 Å². The molecule has 0 heterocycles. The number of alkyl halides is 1. The minimum Gasteiger partial charge on any atom is -0.466 e. The van der Waals surface area contributed by atoms with Gasteiger partial charge < -0.3 is 19.7 Å². The van der Waals surface area contributed by atoms with E-state index in [1.165, 1.54) is 95.5 Å². The Hall–Kier alpha value is -2.15. The van der Waals surface area contributed by atoms with Crippen molar-refractivity contribution in [1.82, 2.24) is 0 Å². The van der Waals surface area contributed by atoms with Crippen LogP contribution in [0.5, 0.6) is 0 Å². The molecule has 0 amide bonds. The number of aliphatic hydroxyl groups is 2. The molecule has 0 saturated heterocycles. The monoisotopic (exact) mass is 785 g/mol. The first-order valence-corrected chi connectivity index (χ1v) is 23.0. The lowest BCUT2D eigenvalue weighted by molar-refractivity contribution is -0.144. The SMILES string of the molecule is CCCCCCCCCCCCCCCCc1cccc(C(=O)OCCCOC(=O)CCCC=CC[C@@H]2[C@@H](C=CC[C@H](O)C3(CC)CCC3)[C@H](O)C[C@H]2Cl)c1. The first kappa shape index (κ1) is 47.2. The molecule has 0 unspecified atom stereocenters. The lowest BCUT2D eigenvalue weighted by Gasteiger charge is -2.45. The van der Waals surface area contributed by atoms with Gasteiger partial charge in [-0.25, -0.2) is 4.79 Å². The normalized spacial score (nSPS) is 21.3. The molecule has 2 saturated carbocycles. The summed E-state index contributed by atoms with van der Waals surface area (Å²) < 4.78 is 10.8. The van der Waals surface area contributed by atoms with Crippen molar-refractivity contribution in [3.05, 3.63) is 59.7 Å². The smallest absolute Gasteiger partial charge is 0.338 e. The zero-order valence-corrected chi connectivity index (χ0v) is 35.5. The molecule has 1 aromatic carbocycles. The summed E-state index contributed by atoms with van der Waals surface area (Å²) in [6, 6.07) is 7.77. The molecule has 0 spiro atoms. The maximum atomic E-state index is 12.6. The minimum atomic E-state index is -0.462. The number of halogens is 1.